The quantitative estimate of drug-likeness (QED) is 0.422. The molecular weight excluding hydrogens is 247 g/mol. The summed E-state index contributed by atoms with van der Waals surface area (Å²) in [5, 5.41) is 0. The molecule has 0 saturated carbocycles. The fourth-order valence-corrected chi connectivity index (χ4v) is 1.63. The van der Waals surface area contributed by atoms with Crippen LogP contribution >= 0.6 is 0 Å². The van der Waals surface area contributed by atoms with E-state index < -0.39 is 0 Å². The zero-order valence-corrected chi connectivity index (χ0v) is 11.1. The summed E-state index contributed by atoms with van der Waals surface area (Å²) in [6.45, 7) is 0. The van der Waals surface area contributed by atoms with Gasteiger partial charge in [-0.3, -0.25) is 0 Å². The number of hydrogen-bond donors (Lipinski definition) is 0. The Morgan fingerprint density at radius 2 is 1.70 bits per heavy atom. The maximum atomic E-state index is 12.7. The zero-order chi connectivity index (χ0) is 14.0. The maximum absolute atomic E-state index is 12.7. The second kappa shape index (κ2) is 7.79. The molecule has 0 amide bonds. The Morgan fingerprint density at radius 3 is 2.45 bits per heavy atom. The summed E-state index contributed by atoms with van der Waals surface area (Å²) in [5.74, 6) is 5.84. The first kappa shape index (κ1) is 13.9. The summed E-state index contributed by atoms with van der Waals surface area (Å²) in [7, 11) is 0. The van der Waals surface area contributed by atoms with Crippen molar-refractivity contribution in [1.29, 1.82) is 0 Å². The van der Waals surface area contributed by atoms with Gasteiger partial charge in [0.25, 0.3) is 0 Å². The van der Waals surface area contributed by atoms with Crippen LogP contribution in [0.25, 0.3) is 6.08 Å². The summed E-state index contributed by atoms with van der Waals surface area (Å²) < 4.78 is 12.7. The van der Waals surface area contributed by atoms with E-state index in [0.717, 1.165) is 24.0 Å². The minimum atomic E-state index is -0.232. The smallest absolute Gasteiger partial charge is 0.123 e. The first-order chi connectivity index (χ1) is 9.84. The number of rotatable bonds is 3. The van der Waals surface area contributed by atoms with Gasteiger partial charge in [0.2, 0.25) is 0 Å². The molecule has 0 aliphatic rings. The number of benzene rings is 2. The highest BCUT2D eigenvalue weighted by atomic mass is 19.1. The summed E-state index contributed by atoms with van der Waals surface area (Å²) >= 11 is 0. The summed E-state index contributed by atoms with van der Waals surface area (Å²) in [5.41, 5.74) is 5.12. The van der Waals surface area contributed by atoms with E-state index in [1.165, 1.54) is 12.1 Å². The van der Waals surface area contributed by atoms with E-state index in [4.69, 9.17) is 0 Å². The van der Waals surface area contributed by atoms with Crippen LogP contribution in [0.4, 0.5) is 4.39 Å². The van der Waals surface area contributed by atoms with Crippen molar-refractivity contribution in [3.8, 4) is 11.8 Å². The molecule has 1 heteroatoms. The van der Waals surface area contributed by atoms with Gasteiger partial charge in [-0.2, -0.15) is 0 Å². The normalized spacial score (nSPS) is 9.05. The van der Waals surface area contributed by atoms with Gasteiger partial charge in [0.15, 0.2) is 0 Å². The van der Waals surface area contributed by atoms with E-state index in [0.29, 0.717) is 0 Å². The third-order valence-electron chi connectivity index (χ3n) is 2.66. The van der Waals surface area contributed by atoms with E-state index in [1.54, 1.807) is 12.1 Å². The van der Waals surface area contributed by atoms with Crippen LogP contribution in [0, 0.1) is 17.7 Å². The molecule has 0 bridgehead atoms. The van der Waals surface area contributed by atoms with Crippen LogP contribution in [0.5, 0.6) is 0 Å². The summed E-state index contributed by atoms with van der Waals surface area (Å²) in [4.78, 5) is 0. The fraction of sp³-hybridized carbons (Fsp3) is 0.105. The first-order valence-corrected chi connectivity index (χ1v) is 6.55. The number of hydrogen-bond acceptors (Lipinski definition) is 0. The van der Waals surface area contributed by atoms with Gasteiger partial charge >= 0.3 is 0 Å². The molecule has 0 aliphatic heterocycles. The molecule has 20 heavy (non-hydrogen) atoms. The minimum Gasteiger partial charge on any atom is -0.207 e. The van der Waals surface area contributed by atoms with E-state index in [-0.39, 0.29) is 5.82 Å². The Labute approximate surface area is 119 Å². The van der Waals surface area contributed by atoms with Gasteiger partial charge in [0.1, 0.15) is 5.82 Å². The fourth-order valence-electron chi connectivity index (χ4n) is 1.63. The summed E-state index contributed by atoms with van der Waals surface area (Å²) in [6.07, 6.45) is 5.56. The van der Waals surface area contributed by atoms with Crippen molar-refractivity contribution < 1.29 is 4.39 Å². The number of allylic oxidation sites excluding steroid dienone is 1. The largest absolute Gasteiger partial charge is 0.207 e. The van der Waals surface area contributed by atoms with Crippen molar-refractivity contribution >= 4 is 6.08 Å². The van der Waals surface area contributed by atoms with Crippen LogP contribution < -0.4 is 0 Å². The molecule has 0 saturated heterocycles. The molecule has 0 aromatic heterocycles. The molecule has 0 fully saturated rings. The Bertz CT molecular complexity index is 648. The standard InChI is InChI=1S/C19H15F/c20-19-15-13-18(14-16-19)12-6-3-1-2-5-9-17-10-7-4-8-11-17/h2,4,7-11,13-16H,1,3H2. The van der Waals surface area contributed by atoms with Gasteiger partial charge in [-0.25, -0.2) is 4.39 Å². The van der Waals surface area contributed by atoms with Crippen molar-refractivity contribution in [3.05, 3.63) is 83.3 Å². The molecule has 0 spiro atoms. The average molecular weight is 262 g/mol. The lowest BCUT2D eigenvalue weighted by Crippen LogP contribution is -1.75. The van der Waals surface area contributed by atoms with Crippen molar-refractivity contribution in [2.75, 3.05) is 0 Å². The molecule has 98 valence electrons. The predicted molar refractivity (Wildman–Crippen MR) is 81.5 cm³/mol. The highest BCUT2D eigenvalue weighted by Gasteiger charge is 1.87. The Hall–Kier alpha value is -2.55. The van der Waals surface area contributed by atoms with Gasteiger partial charge in [-0.1, -0.05) is 42.2 Å². The average Bonchev–Trinajstić information content (AvgIpc) is 2.49. The second-order valence-electron chi connectivity index (χ2n) is 4.27. The molecule has 0 N–H and O–H groups in total. The lowest BCUT2D eigenvalue weighted by atomic mass is 10.2. The van der Waals surface area contributed by atoms with Crippen LogP contribution in [-0.4, -0.2) is 0 Å². The maximum Gasteiger partial charge on any atom is 0.123 e. The van der Waals surface area contributed by atoms with Gasteiger partial charge in [-0.15, -0.1) is 5.73 Å². The second-order valence-corrected chi connectivity index (χ2v) is 4.27. The molecule has 0 aliphatic carbocycles. The van der Waals surface area contributed by atoms with E-state index in [2.05, 4.69) is 17.6 Å². The van der Waals surface area contributed by atoms with Crippen molar-refractivity contribution in [3.63, 3.8) is 0 Å². The van der Waals surface area contributed by atoms with E-state index >= 15 is 0 Å². The third kappa shape index (κ3) is 4.98. The van der Waals surface area contributed by atoms with Crippen molar-refractivity contribution in [1.82, 2.24) is 0 Å². The highest BCUT2D eigenvalue weighted by molar-refractivity contribution is 5.47. The Morgan fingerprint density at radius 1 is 0.950 bits per heavy atom. The molecule has 0 heterocycles. The minimum absolute atomic E-state index is 0.232. The third-order valence-corrected chi connectivity index (χ3v) is 2.66. The molecule has 0 unspecified atom stereocenters. The zero-order valence-electron chi connectivity index (χ0n) is 11.1. The first-order valence-electron chi connectivity index (χ1n) is 6.55. The SMILES string of the molecule is Fc1ccc(C#CCCC=C=Cc2ccccc2)cc1. The van der Waals surface area contributed by atoms with Crippen molar-refractivity contribution in [2.24, 2.45) is 0 Å². The molecule has 2 aromatic carbocycles. The van der Waals surface area contributed by atoms with Crippen LogP contribution in [0.3, 0.4) is 0 Å². The number of halogens is 1. The van der Waals surface area contributed by atoms with E-state index in [9.17, 15) is 4.39 Å². The van der Waals surface area contributed by atoms with Crippen molar-refractivity contribution in [2.45, 2.75) is 12.8 Å². The molecule has 0 radical (unpaired) electrons. The Kier molecular flexibility index (Phi) is 5.40. The van der Waals surface area contributed by atoms with Crippen LogP contribution in [0.2, 0.25) is 0 Å². The predicted octanol–water partition coefficient (Wildman–Crippen LogP) is 4.83. The topological polar surface area (TPSA) is 0 Å². The lowest BCUT2D eigenvalue weighted by molar-refractivity contribution is 0.627. The Balaban J connectivity index is 1.80. The molecular formula is C19H15F. The van der Waals surface area contributed by atoms with Gasteiger partial charge in [0.05, 0.1) is 0 Å². The molecule has 2 rings (SSSR count). The number of unbranched alkanes of at least 4 members (excludes halogenated alkanes) is 1. The van der Waals surface area contributed by atoms with Gasteiger partial charge in [0, 0.05) is 12.0 Å². The molecule has 0 atom stereocenters. The van der Waals surface area contributed by atoms with Crippen LogP contribution in [-0.2, 0) is 0 Å². The van der Waals surface area contributed by atoms with Gasteiger partial charge < -0.3 is 0 Å². The van der Waals surface area contributed by atoms with Crippen LogP contribution in [0.1, 0.15) is 24.0 Å². The molecule has 0 nitrogen and oxygen atoms in total. The summed E-state index contributed by atoms with van der Waals surface area (Å²) in [6, 6.07) is 16.3. The monoisotopic (exact) mass is 262 g/mol. The highest BCUT2D eigenvalue weighted by Crippen LogP contribution is 2.01. The molecule has 2 aromatic rings. The van der Waals surface area contributed by atoms with E-state index in [1.807, 2.05) is 42.5 Å². The van der Waals surface area contributed by atoms with Gasteiger partial charge in [-0.05, 0) is 48.4 Å². The lowest BCUT2D eigenvalue weighted by Gasteiger charge is -1.89. The van der Waals surface area contributed by atoms with Crippen LogP contribution in [0.15, 0.2) is 66.4 Å².